The van der Waals surface area contributed by atoms with E-state index < -0.39 is 33.7 Å². The van der Waals surface area contributed by atoms with Gasteiger partial charge in [0.1, 0.15) is 22.1 Å². The Balaban J connectivity index is 1.57. The number of aryl methyl sites for hydroxylation is 1. The highest BCUT2D eigenvalue weighted by Gasteiger charge is 2.30. The van der Waals surface area contributed by atoms with Crippen LogP contribution in [-0.2, 0) is 14.8 Å². The molecule has 2 atom stereocenters. The highest BCUT2D eigenvalue weighted by molar-refractivity contribution is 7.92. The van der Waals surface area contributed by atoms with Gasteiger partial charge < -0.3 is 19.9 Å². The maximum absolute atomic E-state index is 13.5. The quantitative estimate of drug-likeness (QED) is 0.381. The Kier molecular flexibility index (Phi) is 8.87. The second-order valence-electron chi connectivity index (χ2n) is 11.4. The van der Waals surface area contributed by atoms with E-state index in [0.29, 0.717) is 24.4 Å². The van der Waals surface area contributed by atoms with Crippen LogP contribution in [0.3, 0.4) is 0 Å². The van der Waals surface area contributed by atoms with Gasteiger partial charge in [0.25, 0.3) is 5.91 Å². The van der Waals surface area contributed by atoms with E-state index in [-0.39, 0.29) is 27.3 Å². The van der Waals surface area contributed by atoms with Crippen molar-refractivity contribution in [1.82, 2.24) is 24.8 Å². The Morgan fingerprint density at radius 3 is 2.57 bits per heavy atom. The van der Waals surface area contributed by atoms with Crippen LogP contribution in [0, 0.1) is 6.92 Å². The summed E-state index contributed by atoms with van der Waals surface area (Å²) in [6.45, 7) is 10.4. The van der Waals surface area contributed by atoms with Crippen LogP contribution in [0.4, 0.5) is 16.3 Å². The molecule has 0 bridgehead atoms. The molecule has 228 valence electrons. The number of amides is 2. The van der Waals surface area contributed by atoms with E-state index in [1.54, 1.807) is 18.5 Å². The molecule has 0 saturated carbocycles. The normalized spacial score (nSPS) is 16.4. The van der Waals surface area contributed by atoms with E-state index in [1.165, 1.54) is 23.1 Å². The molecule has 2 aromatic heterocycles. The lowest BCUT2D eigenvalue weighted by molar-refractivity contribution is 0.0508. The van der Waals surface area contributed by atoms with E-state index in [0.717, 1.165) is 24.1 Å². The molecule has 3 heterocycles. The van der Waals surface area contributed by atoms with Gasteiger partial charge in [-0.05, 0) is 59.2 Å². The number of nitrogens with zero attached hydrogens (tertiary/aromatic N) is 5. The number of carbonyl (C=O) groups excluding carboxylic acids is 2. The van der Waals surface area contributed by atoms with Gasteiger partial charge in [-0.15, -0.1) is 0 Å². The molecular formula is C27H35Cl2N7O5S. The molecule has 0 aliphatic carbocycles. The molecule has 1 saturated heterocycles. The first kappa shape index (κ1) is 31.6. The van der Waals surface area contributed by atoms with Crippen molar-refractivity contribution in [3.05, 3.63) is 51.3 Å². The molecule has 0 unspecified atom stereocenters. The number of hydrogen-bond acceptors (Lipinski definition) is 8. The molecule has 0 radical (unpaired) electrons. The van der Waals surface area contributed by atoms with Crippen molar-refractivity contribution in [2.75, 3.05) is 36.0 Å². The number of aromatic nitrogens is 3. The zero-order chi connectivity index (χ0) is 31.1. The average molecular weight is 641 g/mol. The van der Waals surface area contributed by atoms with Gasteiger partial charge in [-0.2, -0.15) is 5.10 Å². The first-order valence-electron chi connectivity index (χ1n) is 13.3. The molecule has 12 nitrogen and oxygen atoms in total. The second-order valence-corrected chi connectivity index (χ2v) is 14.0. The highest BCUT2D eigenvalue weighted by atomic mass is 35.5. The fraction of sp³-hybridized carbons (Fsp3) is 0.481. The van der Waals surface area contributed by atoms with Gasteiger partial charge in [0.05, 0.1) is 29.6 Å². The van der Waals surface area contributed by atoms with Crippen molar-refractivity contribution >= 4 is 62.4 Å². The topological polar surface area (TPSA) is 138 Å². The standard InChI is InChI=1S/C27H35Cl2N7O5S/c1-15-13-36-24(31-23(15)35-11-10-18(14-35)30-26(38)41-27(3,4)5)21(29)22(32-36)16(2)34(6)25(37)19-12-17(28)8-9-20(19)33-42(7,39)40/h8-9,12-13,16,18,33H,10-11,14H2,1-7H3,(H,30,38)/t16-,18-/m0/s1. The zero-order valence-electron chi connectivity index (χ0n) is 24.5. The number of rotatable bonds is 7. The van der Waals surface area contributed by atoms with E-state index >= 15 is 0 Å². The van der Waals surface area contributed by atoms with E-state index in [2.05, 4.69) is 20.0 Å². The van der Waals surface area contributed by atoms with Gasteiger partial charge in [-0.25, -0.2) is 22.7 Å². The molecule has 4 rings (SSSR count). The largest absolute Gasteiger partial charge is 0.444 e. The Morgan fingerprint density at radius 2 is 1.93 bits per heavy atom. The average Bonchev–Trinajstić information content (AvgIpc) is 3.45. The van der Waals surface area contributed by atoms with E-state index in [1.807, 2.05) is 33.9 Å². The minimum atomic E-state index is -3.64. The second kappa shape index (κ2) is 11.8. The zero-order valence-corrected chi connectivity index (χ0v) is 26.9. The van der Waals surface area contributed by atoms with Crippen molar-refractivity contribution in [1.29, 1.82) is 0 Å². The predicted molar refractivity (Wildman–Crippen MR) is 163 cm³/mol. The number of anilines is 2. The van der Waals surface area contributed by atoms with Crippen LogP contribution in [0.2, 0.25) is 10.0 Å². The van der Waals surface area contributed by atoms with Crippen molar-refractivity contribution in [3.8, 4) is 0 Å². The van der Waals surface area contributed by atoms with Gasteiger partial charge in [0.2, 0.25) is 10.0 Å². The van der Waals surface area contributed by atoms with Crippen LogP contribution in [0.5, 0.6) is 0 Å². The smallest absolute Gasteiger partial charge is 0.407 e. The molecule has 1 fully saturated rings. The summed E-state index contributed by atoms with van der Waals surface area (Å²) in [5, 5.41) is 8.11. The number of halogens is 2. The third kappa shape index (κ3) is 7.19. The summed E-state index contributed by atoms with van der Waals surface area (Å²) in [7, 11) is -2.07. The number of alkyl carbamates (subject to hydrolysis) is 1. The number of carbonyl (C=O) groups is 2. The number of hydrogen-bond donors (Lipinski definition) is 2. The maximum Gasteiger partial charge on any atom is 0.407 e. The lowest BCUT2D eigenvalue weighted by Crippen LogP contribution is -2.40. The van der Waals surface area contributed by atoms with Gasteiger partial charge in [-0.3, -0.25) is 9.52 Å². The first-order valence-corrected chi connectivity index (χ1v) is 15.9. The van der Waals surface area contributed by atoms with Crippen molar-refractivity contribution in [3.63, 3.8) is 0 Å². The number of fused-ring (bicyclic) bond motifs is 1. The van der Waals surface area contributed by atoms with Gasteiger partial charge in [-0.1, -0.05) is 23.2 Å². The van der Waals surface area contributed by atoms with Crippen LogP contribution in [0.1, 0.15) is 61.8 Å². The summed E-state index contributed by atoms with van der Waals surface area (Å²) in [6, 6.07) is 3.64. The van der Waals surface area contributed by atoms with Crippen LogP contribution in [-0.4, -0.2) is 78.0 Å². The molecule has 0 spiro atoms. The Hall–Kier alpha value is -3.29. The Labute approximate surface area is 255 Å². The third-order valence-electron chi connectivity index (χ3n) is 6.75. The van der Waals surface area contributed by atoms with Gasteiger partial charge in [0, 0.05) is 36.9 Å². The fourth-order valence-electron chi connectivity index (χ4n) is 4.71. The molecule has 3 aromatic rings. The predicted octanol–water partition coefficient (Wildman–Crippen LogP) is 4.65. The van der Waals surface area contributed by atoms with Crippen molar-refractivity contribution < 1.29 is 22.7 Å². The molecule has 2 N–H and O–H groups in total. The van der Waals surface area contributed by atoms with Gasteiger partial charge in [0.15, 0.2) is 5.65 Å². The van der Waals surface area contributed by atoms with Crippen LogP contribution >= 0.6 is 23.2 Å². The van der Waals surface area contributed by atoms with Crippen LogP contribution in [0.15, 0.2) is 24.4 Å². The lowest BCUT2D eigenvalue weighted by Gasteiger charge is -2.25. The maximum atomic E-state index is 13.5. The summed E-state index contributed by atoms with van der Waals surface area (Å²) >= 11 is 12.9. The van der Waals surface area contributed by atoms with Crippen molar-refractivity contribution in [2.45, 2.75) is 58.7 Å². The summed E-state index contributed by atoms with van der Waals surface area (Å²) in [6.07, 6.45) is 3.10. The molecule has 15 heteroatoms. The lowest BCUT2D eigenvalue weighted by atomic mass is 10.1. The molecule has 2 amide bonds. The minimum Gasteiger partial charge on any atom is -0.444 e. The molecule has 1 aliphatic rings. The number of ether oxygens (including phenoxy) is 1. The Morgan fingerprint density at radius 1 is 1.24 bits per heavy atom. The molecule has 1 aromatic carbocycles. The first-order chi connectivity index (χ1) is 19.4. The van der Waals surface area contributed by atoms with Crippen LogP contribution < -0.4 is 14.9 Å². The molecular weight excluding hydrogens is 605 g/mol. The summed E-state index contributed by atoms with van der Waals surface area (Å²) in [5.74, 6) is 0.242. The monoisotopic (exact) mass is 639 g/mol. The number of nitrogens with one attached hydrogen (secondary N) is 2. The van der Waals surface area contributed by atoms with Gasteiger partial charge >= 0.3 is 6.09 Å². The summed E-state index contributed by atoms with van der Waals surface area (Å²) < 4.78 is 33.0. The summed E-state index contributed by atoms with van der Waals surface area (Å²) in [5.41, 5.74) is 1.31. The van der Waals surface area contributed by atoms with Crippen molar-refractivity contribution in [2.24, 2.45) is 0 Å². The number of sulfonamides is 1. The molecule has 42 heavy (non-hydrogen) atoms. The summed E-state index contributed by atoms with van der Waals surface area (Å²) in [4.78, 5) is 34.0. The SMILES string of the molecule is Cc1cn2nc([C@H](C)N(C)C(=O)c3cc(Cl)ccc3NS(C)(=O)=O)c(Cl)c2nc1N1CC[C@H](NC(=O)OC(C)(C)C)C1. The number of benzene rings is 1. The van der Waals surface area contributed by atoms with E-state index in [4.69, 9.17) is 32.9 Å². The molecule has 1 aliphatic heterocycles. The highest BCUT2D eigenvalue weighted by Crippen LogP contribution is 2.33. The van der Waals surface area contributed by atoms with E-state index in [9.17, 15) is 18.0 Å². The minimum absolute atomic E-state index is 0.0852. The van der Waals surface area contributed by atoms with Crippen LogP contribution in [0.25, 0.3) is 5.65 Å². The third-order valence-corrected chi connectivity index (χ3v) is 7.94. The fourth-order valence-corrected chi connectivity index (χ4v) is 5.78. The Bertz CT molecular complexity index is 1640.